The van der Waals surface area contributed by atoms with Gasteiger partial charge in [0.15, 0.2) is 0 Å². The third-order valence-corrected chi connectivity index (χ3v) is 6.82. The van der Waals surface area contributed by atoms with Crippen LogP contribution in [-0.2, 0) is 11.2 Å². The zero-order chi connectivity index (χ0) is 15.8. The number of hydrogen-bond donors (Lipinski definition) is 1. The Hall–Kier alpha value is -1.42. The van der Waals surface area contributed by atoms with Crippen LogP contribution in [0, 0.1) is 17.8 Å². The second kappa shape index (κ2) is 6.23. The van der Waals surface area contributed by atoms with Crippen LogP contribution in [0.5, 0.6) is 0 Å². The van der Waals surface area contributed by atoms with E-state index in [1.54, 1.807) is 11.3 Å². The summed E-state index contributed by atoms with van der Waals surface area (Å²) in [6, 6.07) is 8.50. The number of nitrogens with zero attached hydrogens (tertiary/aromatic N) is 1. The van der Waals surface area contributed by atoms with E-state index in [2.05, 4.69) is 23.3 Å². The molecule has 2 fully saturated rings. The maximum Gasteiger partial charge on any atom is 0.220 e. The molecular weight excluding hydrogens is 304 g/mol. The lowest BCUT2D eigenvalue weighted by Crippen LogP contribution is -2.40. The number of nitrogens with one attached hydrogen (secondary N) is 1. The second-order valence-corrected chi connectivity index (χ2v) is 8.39. The van der Waals surface area contributed by atoms with Crippen molar-refractivity contribution in [2.75, 3.05) is 0 Å². The Kier molecular flexibility index (Phi) is 4.10. The zero-order valence-electron chi connectivity index (χ0n) is 13.6. The van der Waals surface area contributed by atoms with Crippen LogP contribution in [0.25, 0.3) is 10.2 Å². The van der Waals surface area contributed by atoms with Crippen molar-refractivity contribution < 1.29 is 4.79 Å². The van der Waals surface area contributed by atoms with Gasteiger partial charge in [-0.25, -0.2) is 4.98 Å². The van der Waals surface area contributed by atoms with Crippen molar-refractivity contribution >= 4 is 27.5 Å². The van der Waals surface area contributed by atoms with E-state index in [0.29, 0.717) is 18.4 Å². The molecule has 3 nitrogen and oxygen atoms in total. The molecule has 0 saturated heterocycles. The smallest absolute Gasteiger partial charge is 0.220 e. The maximum atomic E-state index is 12.3. The van der Waals surface area contributed by atoms with Crippen molar-refractivity contribution in [1.82, 2.24) is 10.3 Å². The molecule has 2 bridgehead atoms. The highest BCUT2D eigenvalue weighted by molar-refractivity contribution is 7.18. The van der Waals surface area contributed by atoms with Crippen LogP contribution in [0.4, 0.5) is 0 Å². The Morgan fingerprint density at radius 3 is 2.96 bits per heavy atom. The van der Waals surface area contributed by atoms with Crippen molar-refractivity contribution in [3.63, 3.8) is 0 Å². The van der Waals surface area contributed by atoms with Gasteiger partial charge in [-0.2, -0.15) is 0 Å². The lowest BCUT2D eigenvalue weighted by atomic mass is 9.84. The zero-order valence-corrected chi connectivity index (χ0v) is 14.4. The topological polar surface area (TPSA) is 42.0 Å². The molecule has 23 heavy (non-hydrogen) atoms. The van der Waals surface area contributed by atoms with Crippen molar-refractivity contribution in [2.45, 2.75) is 51.5 Å². The molecule has 1 heterocycles. The number of aromatic nitrogens is 1. The largest absolute Gasteiger partial charge is 0.353 e. The van der Waals surface area contributed by atoms with Crippen LogP contribution in [0.15, 0.2) is 24.3 Å². The molecule has 2 aliphatic carbocycles. The number of benzene rings is 1. The molecule has 2 aliphatic rings. The minimum atomic E-state index is 0.180. The van der Waals surface area contributed by atoms with Crippen molar-refractivity contribution in [3.8, 4) is 0 Å². The van der Waals surface area contributed by atoms with Gasteiger partial charge in [-0.15, -0.1) is 11.3 Å². The highest BCUT2D eigenvalue weighted by Gasteiger charge is 2.42. The summed E-state index contributed by atoms with van der Waals surface area (Å²) in [7, 11) is 0. The molecule has 4 rings (SSSR count). The monoisotopic (exact) mass is 328 g/mol. The second-order valence-electron chi connectivity index (χ2n) is 7.27. The molecule has 1 aromatic carbocycles. The number of aryl methyl sites for hydroxylation is 1. The van der Waals surface area contributed by atoms with E-state index in [0.717, 1.165) is 28.8 Å². The molecule has 4 atom stereocenters. The van der Waals surface area contributed by atoms with Gasteiger partial charge >= 0.3 is 0 Å². The first kappa shape index (κ1) is 15.1. The van der Waals surface area contributed by atoms with Crippen LogP contribution < -0.4 is 5.32 Å². The Labute approximate surface area is 141 Å². The maximum absolute atomic E-state index is 12.3. The van der Waals surface area contributed by atoms with Crippen molar-refractivity contribution in [2.24, 2.45) is 17.8 Å². The van der Waals surface area contributed by atoms with Crippen LogP contribution in [0.3, 0.4) is 0 Å². The molecule has 0 unspecified atom stereocenters. The molecule has 122 valence electrons. The lowest BCUT2D eigenvalue weighted by Gasteiger charge is -2.28. The molecule has 1 amide bonds. The molecule has 0 aliphatic heterocycles. The lowest BCUT2D eigenvalue weighted by molar-refractivity contribution is -0.122. The summed E-state index contributed by atoms with van der Waals surface area (Å²) in [6.07, 6.45) is 6.81. The van der Waals surface area contributed by atoms with E-state index in [1.807, 2.05) is 18.2 Å². The van der Waals surface area contributed by atoms with E-state index < -0.39 is 0 Å². The molecule has 1 N–H and O–H groups in total. The minimum Gasteiger partial charge on any atom is -0.353 e. The highest BCUT2D eigenvalue weighted by atomic mass is 32.1. The number of para-hydroxylation sites is 1. The Morgan fingerprint density at radius 2 is 2.22 bits per heavy atom. The van der Waals surface area contributed by atoms with Gasteiger partial charge in [0.2, 0.25) is 5.91 Å². The van der Waals surface area contributed by atoms with E-state index >= 15 is 0 Å². The van der Waals surface area contributed by atoms with Crippen LogP contribution in [0.1, 0.15) is 44.0 Å². The highest BCUT2D eigenvalue weighted by Crippen LogP contribution is 2.49. The van der Waals surface area contributed by atoms with E-state index in [1.165, 1.54) is 30.4 Å². The normalized spacial score (nSPS) is 27.4. The number of rotatable bonds is 5. The standard InChI is InChI=1S/C19H24N2OS/c1-12(15-11-13-6-7-14(15)10-13)20-18(22)8-9-19-21-16-4-2-3-5-17(16)23-19/h2-5,12-15H,6-11H2,1H3,(H,20,22)/t12-,13-,14-,15-/m0/s1. The number of hydrogen-bond acceptors (Lipinski definition) is 3. The van der Waals surface area contributed by atoms with Crippen LogP contribution in [0.2, 0.25) is 0 Å². The fourth-order valence-electron chi connectivity index (χ4n) is 4.59. The minimum absolute atomic E-state index is 0.180. The molecule has 0 spiro atoms. The summed E-state index contributed by atoms with van der Waals surface area (Å²) in [5, 5.41) is 4.31. The van der Waals surface area contributed by atoms with Gasteiger partial charge in [0.05, 0.1) is 15.2 Å². The third kappa shape index (κ3) is 3.14. The molecule has 4 heteroatoms. The number of carbonyl (C=O) groups excluding carboxylic acids is 1. The summed E-state index contributed by atoms with van der Waals surface area (Å²) in [6.45, 7) is 2.20. The Morgan fingerprint density at radius 1 is 1.35 bits per heavy atom. The summed E-state index contributed by atoms with van der Waals surface area (Å²) >= 11 is 1.70. The van der Waals surface area contributed by atoms with Crippen molar-refractivity contribution in [3.05, 3.63) is 29.3 Å². The van der Waals surface area contributed by atoms with Gasteiger partial charge in [0.25, 0.3) is 0 Å². The summed E-state index contributed by atoms with van der Waals surface area (Å²) in [4.78, 5) is 16.9. The first-order chi connectivity index (χ1) is 11.2. The molecular formula is C19H24N2OS. The third-order valence-electron chi connectivity index (χ3n) is 5.73. The first-order valence-corrected chi connectivity index (χ1v) is 9.64. The summed E-state index contributed by atoms with van der Waals surface area (Å²) < 4.78 is 1.21. The predicted molar refractivity (Wildman–Crippen MR) is 94.5 cm³/mol. The Balaban J connectivity index is 1.30. The van der Waals surface area contributed by atoms with E-state index in [9.17, 15) is 4.79 Å². The van der Waals surface area contributed by atoms with Gasteiger partial charge in [0, 0.05) is 18.9 Å². The van der Waals surface area contributed by atoms with Gasteiger partial charge in [-0.1, -0.05) is 18.6 Å². The average Bonchev–Trinajstić information content (AvgIpc) is 3.26. The molecule has 2 aromatic rings. The van der Waals surface area contributed by atoms with E-state index in [-0.39, 0.29) is 5.91 Å². The summed E-state index contributed by atoms with van der Waals surface area (Å²) in [5.74, 6) is 2.69. The molecule has 0 radical (unpaired) electrons. The number of carbonyl (C=O) groups is 1. The SMILES string of the molecule is C[C@H](NC(=O)CCc1nc2ccccc2s1)[C@@H]1C[C@H]2CC[C@H]1C2. The van der Waals surface area contributed by atoms with Gasteiger partial charge in [-0.3, -0.25) is 4.79 Å². The predicted octanol–water partition coefficient (Wildman–Crippen LogP) is 4.17. The van der Waals surface area contributed by atoms with Gasteiger partial charge in [-0.05, 0) is 56.1 Å². The summed E-state index contributed by atoms with van der Waals surface area (Å²) in [5.41, 5.74) is 1.04. The van der Waals surface area contributed by atoms with E-state index in [4.69, 9.17) is 0 Å². The number of amides is 1. The van der Waals surface area contributed by atoms with Crippen LogP contribution in [-0.4, -0.2) is 16.9 Å². The van der Waals surface area contributed by atoms with Crippen LogP contribution >= 0.6 is 11.3 Å². The number of thiazole rings is 1. The molecule has 2 saturated carbocycles. The quantitative estimate of drug-likeness (QED) is 0.895. The van der Waals surface area contributed by atoms with Gasteiger partial charge in [0.1, 0.15) is 0 Å². The fourth-order valence-corrected chi connectivity index (χ4v) is 5.55. The first-order valence-electron chi connectivity index (χ1n) is 8.83. The fraction of sp³-hybridized carbons (Fsp3) is 0.579. The van der Waals surface area contributed by atoms with Gasteiger partial charge < -0.3 is 5.32 Å². The average molecular weight is 328 g/mol. The Bertz CT molecular complexity index is 677. The number of fused-ring (bicyclic) bond motifs is 3. The van der Waals surface area contributed by atoms with Crippen molar-refractivity contribution in [1.29, 1.82) is 0 Å². The molecule has 1 aromatic heterocycles.